The summed E-state index contributed by atoms with van der Waals surface area (Å²) in [6.45, 7) is 1.74. The molecule has 2 aromatic carbocycles. The zero-order valence-electron chi connectivity index (χ0n) is 13.7. The van der Waals surface area contributed by atoms with Gasteiger partial charge in [-0.05, 0) is 42.3 Å². The molecule has 1 atom stereocenters. The van der Waals surface area contributed by atoms with Crippen LogP contribution in [0.4, 0.5) is 4.39 Å². The van der Waals surface area contributed by atoms with Gasteiger partial charge in [-0.2, -0.15) is 5.10 Å². The van der Waals surface area contributed by atoms with Crippen LogP contribution in [-0.4, -0.2) is 22.7 Å². The molecular weight excluding hydrogens is 321 g/mol. The van der Waals surface area contributed by atoms with Crippen molar-refractivity contribution >= 4 is 5.91 Å². The summed E-state index contributed by atoms with van der Waals surface area (Å²) < 4.78 is 18.5. The number of nitrogens with one attached hydrogen (secondary N) is 2. The van der Waals surface area contributed by atoms with E-state index in [2.05, 4.69) is 15.5 Å². The van der Waals surface area contributed by atoms with E-state index in [4.69, 9.17) is 4.74 Å². The normalized spacial score (nSPS) is 11.8. The van der Waals surface area contributed by atoms with Gasteiger partial charge in [0.05, 0.1) is 12.2 Å². The molecule has 0 fully saturated rings. The second-order valence-corrected chi connectivity index (χ2v) is 5.64. The molecule has 25 heavy (non-hydrogen) atoms. The highest BCUT2D eigenvalue weighted by Crippen LogP contribution is 2.22. The monoisotopic (exact) mass is 339 g/mol. The molecule has 0 radical (unpaired) electrons. The minimum atomic E-state index is -0.303. The van der Waals surface area contributed by atoms with Crippen LogP contribution >= 0.6 is 0 Å². The largest absolute Gasteiger partial charge is 0.484 e. The van der Waals surface area contributed by atoms with E-state index in [0.717, 1.165) is 16.7 Å². The smallest absolute Gasteiger partial charge is 0.258 e. The summed E-state index contributed by atoms with van der Waals surface area (Å²) in [5, 5.41) is 9.50. The highest BCUT2D eigenvalue weighted by Gasteiger charge is 2.10. The number of hydrogen-bond donors (Lipinski definition) is 2. The molecule has 3 aromatic rings. The Balaban J connectivity index is 1.55. The average molecular weight is 339 g/mol. The molecule has 6 heteroatoms. The lowest BCUT2D eigenvalue weighted by Gasteiger charge is -2.15. The van der Waals surface area contributed by atoms with Crippen LogP contribution in [0.3, 0.4) is 0 Å². The van der Waals surface area contributed by atoms with Gasteiger partial charge >= 0.3 is 0 Å². The first-order chi connectivity index (χ1) is 12.1. The number of nitrogens with zero attached hydrogens (tertiary/aromatic N) is 1. The summed E-state index contributed by atoms with van der Waals surface area (Å²) in [5.74, 6) is 0.0527. The predicted octanol–water partition coefficient (Wildman–Crippen LogP) is 3.47. The molecule has 2 N–H and O–H groups in total. The molecule has 0 aliphatic rings. The molecular formula is C19H18FN3O2. The van der Waals surface area contributed by atoms with Crippen molar-refractivity contribution in [3.05, 3.63) is 72.3 Å². The van der Waals surface area contributed by atoms with Crippen LogP contribution < -0.4 is 10.1 Å². The van der Waals surface area contributed by atoms with Crippen molar-refractivity contribution < 1.29 is 13.9 Å². The van der Waals surface area contributed by atoms with Gasteiger partial charge in [0, 0.05) is 11.8 Å². The molecule has 0 unspecified atom stereocenters. The molecule has 128 valence electrons. The maximum Gasteiger partial charge on any atom is 0.258 e. The molecule has 0 spiro atoms. The Morgan fingerprint density at radius 2 is 2.04 bits per heavy atom. The van der Waals surface area contributed by atoms with Crippen molar-refractivity contribution in [2.24, 2.45) is 0 Å². The fourth-order valence-electron chi connectivity index (χ4n) is 2.44. The van der Waals surface area contributed by atoms with E-state index in [0.29, 0.717) is 5.75 Å². The molecule has 0 bridgehead atoms. The lowest BCUT2D eigenvalue weighted by atomic mass is 10.1. The SMILES string of the molecule is C[C@H](NC(=O)COc1cccc(-c2cn[nH]c2)c1)c1ccc(F)cc1. The van der Waals surface area contributed by atoms with Crippen molar-refractivity contribution in [1.29, 1.82) is 0 Å². The summed E-state index contributed by atoms with van der Waals surface area (Å²) in [6, 6.07) is 13.2. The van der Waals surface area contributed by atoms with Crippen LogP contribution in [0.1, 0.15) is 18.5 Å². The van der Waals surface area contributed by atoms with Gasteiger partial charge in [-0.15, -0.1) is 0 Å². The van der Waals surface area contributed by atoms with Crippen LogP contribution in [0.15, 0.2) is 60.9 Å². The third-order valence-electron chi connectivity index (χ3n) is 3.78. The third kappa shape index (κ3) is 4.44. The predicted molar refractivity (Wildman–Crippen MR) is 92.5 cm³/mol. The van der Waals surface area contributed by atoms with Gasteiger partial charge in [-0.1, -0.05) is 24.3 Å². The summed E-state index contributed by atoms with van der Waals surface area (Å²) >= 11 is 0. The van der Waals surface area contributed by atoms with Crippen molar-refractivity contribution in [2.75, 3.05) is 6.61 Å². The van der Waals surface area contributed by atoms with Gasteiger partial charge in [-0.25, -0.2) is 4.39 Å². The summed E-state index contributed by atoms with van der Waals surface area (Å²) in [5.41, 5.74) is 2.72. The van der Waals surface area contributed by atoms with Gasteiger partial charge < -0.3 is 10.1 Å². The highest BCUT2D eigenvalue weighted by molar-refractivity contribution is 5.78. The van der Waals surface area contributed by atoms with Gasteiger partial charge in [0.2, 0.25) is 0 Å². The summed E-state index contributed by atoms with van der Waals surface area (Å²) in [4.78, 5) is 12.1. The van der Waals surface area contributed by atoms with Crippen LogP contribution in [0, 0.1) is 5.82 Å². The Morgan fingerprint density at radius 1 is 1.24 bits per heavy atom. The van der Waals surface area contributed by atoms with Gasteiger partial charge in [0.15, 0.2) is 6.61 Å². The molecule has 1 heterocycles. The van der Waals surface area contributed by atoms with Crippen LogP contribution in [0.25, 0.3) is 11.1 Å². The van der Waals surface area contributed by atoms with Crippen LogP contribution in [0.5, 0.6) is 5.75 Å². The summed E-state index contributed by atoms with van der Waals surface area (Å²) in [7, 11) is 0. The molecule has 1 aromatic heterocycles. The fourth-order valence-corrected chi connectivity index (χ4v) is 2.44. The summed E-state index contributed by atoms with van der Waals surface area (Å²) in [6.07, 6.45) is 3.51. The highest BCUT2D eigenvalue weighted by atomic mass is 19.1. The van der Waals surface area contributed by atoms with Crippen molar-refractivity contribution in [1.82, 2.24) is 15.5 Å². The van der Waals surface area contributed by atoms with Crippen molar-refractivity contribution in [2.45, 2.75) is 13.0 Å². The Labute approximate surface area is 144 Å². The zero-order chi connectivity index (χ0) is 17.6. The maximum absolute atomic E-state index is 12.9. The molecule has 3 rings (SSSR count). The quantitative estimate of drug-likeness (QED) is 0.722. The standard InChI is InChI=1S/C19H18FN3O2/c1-13(14-5-7-17(20)8-6-14)23-19(24)12-25-18-4-2-3-15(9-18)16-10-21-22-11-16/h2-11,13H,12H2,1H3,(H,21,22)(H,23,24)/t13-/m0/s1. The maximum atomic E-state index is 12.9. The number of ether oxygens (including phenoxy) is 1. The number of carbonyl (C=O) groups excluding carboxylic acids is 1. The second-order valence-electron chi connectivity index (χ2n) is 5.64. The Kier molecular flexibility index (Phi) is 5.09. The topological polar surface area (TPSA) is 67.0 Å². The lowest BCUT2D eigenvalue weighted by Crippen LogP contribution is -2.31. The third-order valence-corrected chi connectivity index (χ3v) is 3.78. The van der Waals surface area contributed by atoms with E-state index >= 15 is 0 Å². The van der Waals surface area contributed by atoms with E-state index in [-0.39, 0.29) is 24.4 Å². The number of amides is 1. The number of aromatic amines is 1. The first kappa shape index (κ1) is 16.7. The van der Waals surface area contributed by atoms with Crippen LogP contribution in [-0.2, 0) is 4.79 Å². The van der Waals surface area contributed by atoms with E-state index < -0.39 is 0 Å². The van der Waals surface area contributed by atoms with Crippen LogP contribution in [0.2, 0.25) is 0 Å². The minimum absolute atomic E-state index is 0.0969. The van der Waals surface area contributed by atoms with Crippen molar-refractivity contribution in [3.63, 3.8) is 0 Å². The van der Waals surface area contributed by atoms with E-state index in [1.807, 2.05) is 25.1 Å². The number of aromatic nitrogens is 2. The Bertz CT molecular complexity index is 832. The first-order valence-electron chi connectivity index (χ1n) is 7.88. The van der Waals surface area contributed by atoms with Gasteiger partial charge in [0.1, 0.15) is 11.6 Å². The second kappa shape index (κ2) is 7.61. The zero-order valence-corrected chi connectivity index (χ0v) is 13.7. The molecule has 1 amide bonds. The van der Waals surface area contributed by atoms with Gasteiger partial charge in [0.25, 0.3) is 5.91 Å². The average Bonchev–Trinajstić information content (AvgIpc) is 3.15. The Hall–Kier alpha value is -3.15. The molecule has 0 saturated carbocycles. The molecule has 5 nitrogen and oxygen atoms in total. The minimum Gasteiger partial charge on any atom is -0.484 e. The van der Waals surface area contributed by atoms with Crippen molar-refractivity contribution in [3.8, 4) is 16.9 Å². The first-order valence-corrected chi connectivity index (χ1v) is 7.88. The number of benzene rings is 2. The number of halogens is 1. The fraction of sp³-hybridized carbons (Fsp3) is 0.158. The number of carbonyl (C=O) groups is 1. The van der Waals surface area contributed by atoms with E-state index in [1.54, 1.807) is 30.6 Å². The molecule has 0 aliphatic carbocycles. The lowest BCUT2D eigenvalue weighted by molar-refractivity contribution is -0.123. The Morgan fingerprint density at radius 3 is 2.76 bits per heavy atom. The number of rotatable bonds is 6. The van der Waals surface area contributed by atoms with E-state index in [9.17, 15) is 9.18 Å². The molecule has 0 aliphatic heterocycles. The number of hydrogen-bond acceptors (Lipinski definition) is 3. The van der Waals surface area contributed by atoms with Gasteiger partial charge in [-0.3, -0.25) is 9.89 Å². The number of H-pyrrole nitrogens is 1. The van der Waals surface area contributed by atoms with E-state index in [1.165, 1.54) is 12.1 Å². The molecule has 0 saturated heterocycles.